The average Bonchev–Trinajstić information content (AvgIpc) is 1.99. The summed E-state index contributed by atoms with van der Waals surface area (Å²) in [6, 6.07) is 0. The van der Waals surface area contributed by atoms with Crippen LogP contribution in [0.15, 0.2) is 0 Å². The van der Waals surface area contributed by atoms with Crippen molar-refractivity contribution in [1.29, 1.82) is 0 Å². The van der Waals surface area contributed by atoms with E-state index in [1.165, 1.54) is 0 Å². The summed E-state index contributed by atoms with van der Waals surface area (Å²) >= 11 is 0. The van der Waals surface area contributed by atoms with Gasteiger partial charge in [0.15, 0.2) is 0 Å². The molecule has 0 heterocycles. The maximum absolute atomic E-state index is 10.8. The fourth-order valence-electron chi connectivity index (χ4n) is 1.18. The van der Waals surface area contributed by atoms with Crippen molar-refractivity contribution in [2.24, 2.45) is 11.1 Å². The maximum atomic E-state index is 10.8. The third-order valence-corrected chi connectivity index (χ3v) is 1.99. The molecule has 0 rings (SSSR count). The van der Waals surface area contributed by atoms with Gasteiger partial charge in [0.25, 0.3) is 0 Å². The summed E-state index contributed by atoms with van der Waals surface area (Å²) in [5, 5.41) is 8.86. The van der Waals surface area contributed by atoms with Crippen LogP contribution in [0.3, 0.4) is 0 Å². The molecule has 0 aliphatic rings. The van der Waals surface area contributed by atoms with Crippen LogP contribution in [-0.2, 0) is 4.79 Å². The lowest BCUT2D eigenvalue weighted by molar-refractivity contribution is -0.147. The smallest absolute Gasteiger partial charge is 0.310 e. The Morgan fingerprint density at radius 1 is 1.54 bits per heavy atom. The van der Waals surface area contributed by atoms with E-state index in [9.17, 15) is 4.79 Å². The lowest BCUT2D eigenvalue weighted by atomic mass is 9.93. The van der Waals surface area contributed by atoms with Gasteiger partial charge in [0, 0.05) is 6.54 Å². The number of nitrogens with zero attached hydrogens (tertiary/aromatic N) is 1. The molecule has 4 nitrogen and oxygen atoms in total. The molecule has 0 amide bonds. The Kier molecular flexibility index (Phi) is 4.95. The highest BCUT2D eigenvalue weighted by Gasteiger charge is 2.28. The molecule has 0 saturated heterocycles. The van der Waals surface area contributed by atoms with E-state index in [-0.39, 0.29) is 0 Å². The molecule has 0 aromatic rings. The fraction of sp³-hybridized carbons (Fsp3) is 0.889. The predicted molar refractivity (Wildman–Crippen MR) is 52.6 cm³/mol. The molecule has 0 fully saturated rings. The highest BCUT2D eigenvalue weighted by molar-refractivity contribution is 5.73. The first-order chi connectivity index (χ1) is 5.90. The Morgan fingerprint density at radius 2 is 2.08 bits per heavy atom. The summed E-state index contributed by atoms with van der Waals surface area (Å²) < 4.78 is 0. The lowest BCUT2D eigenvalue weighted by Crippen LogP contribution is -2.38. The van der Waals surface area contributed by atoms with Crippen molar-refractivity contribution in [1.82, 2.24) is 4.90 Å². The minimum atomic E-state index is -0.757. The van der Waals surface area contributed by atoms with Crippen LogP contribution in [0.2, 0.25) is 0 Å². The molecule has 0 radical (unpaired) electrons. The van der Waals surface area contributed by atoms with Gasteiger partial charge >= 0.3 is 5.97 Å². The van der Waals surface area contributed by atoms with Gasteiger partial charge in [-0.2, -0.15) is 0 Å². The normalized spacial score (nSPS) is 12.1. The quantitative estimate of drug-likeness (QED) is 0.632. The van der Waals surface area contributed by atoms with E-state index in [0.29, 0.717) is 13.1 Å². The number of hydrogen-bond donors (Lipinski definition) is 2. The Morgan fingerprint density at radius 3 is 2.46 bits per heavy atom. The molecule has 0 bridgehead atoms. The van der Waals surface area contributed by atoms with Gasteiger partial charge in [-0.25, -0.2) is 0 Å². The molecular weight excluding hydrogens is 168 g/mol. The summed E-state index contributed by atoms with van der Waals surface area (Å²) in [6.07, 6.45) is 0.909. The maximum Gasteiger partial charge on any atom is 0.310 e. The van der Waals surface area contributed by atoms with E-state index in [1.54, 1.807) is 13.8 Å². The van der Waals surface area contributed by atoms with Crippen molar-refractivity contribution in [3.63, 3.8) is 0 Å². The Labute approximate surface area is 79.7 Å². The van der Waals surface area contributed by atoms with Crippen molar-refractivity contribution in [2.45, 2.75) is 20.3 Å². The number of rotatable bonds is 6. The second-order valence-corrected chi connectivity index (χ2v) is 4.07. The van der Waals surface area contributed by atoms with Gasteiger partial charge in [0.2, 0.25) is 0 Å². The van der Waals surface area contributed by atoms with Gasteiger partial charge < -0.3 is 15.7 Å². The first-order valence-electron chi connectivity index (χ1n) is 4.52. The van der Waals surface area contributed by atoms with Gasteiger partial charge in [0.05, 0.1) is 5.41 Å². The van der Waals surface area contributed by atoms with Crippen molar-refractivity contribution in [3.05, 3.63) is 0 Å². The second kappa shape index (κ2) is 5.19. The predicted octanol–water partition coefficient (Wildman–Crippen LogP) is 0.378. The van der Waals surface area contributed by atoms with Crippen LogP contribution in [-0.4, -0.2) is 42.7 Å². The number of carboxylic acids is 1. The molecule has 78 valence electrons. The van der Waals surface area contributed by atoms with Crippen molar-refractivity contribution < 1.29 is 9.90 Å². The zero-order valence-electron chi connectivity index (χ0n) is 8.71. The van der Waals surface area contributed by atoms with Crippen LogP contribution in [0.25, 0.3) is 0 Å². The molecule has 0 aromatic carbocycles. The van der Waals surface area contributed by atoms with Gasteiger partial charge in [-0.1, -0.05) is 0 Å². The number of nitrogens with two attached hydrogens (primary N) is 1. The highest BCUT2D eigenvalue weighted by atomic mass is 16.4. The molecule has 0 saturated carbocycles. The molecular formula is C9H20N2O2. The van der Waals surface area contributed by atoms with Gasteiger partial charge in [-0.15, -0.1) is 0 Å². The summed E-state index contributed by atoms with van der Waals surface area (Å²) in [7, 11) is 1.92. The van der Waals surface area contributed by atoms with E-state index in [1.807, 2.05) is 11.9 Å². The zero-order valence-corrected chi connectivity index (χ0v) is 8.71. The molecule has 3 N–H and O–H groups in total. The zero-order chi connectivity index (χ0) is 10.5. The largest absolute Gasteiger partial charge is 0.481 e. The topological polar surface area (TPSA) is 66.6 Å². The number of carbonyl (C=O) groups is 1. The van der Waals surface area contributed by atoms with Crippen LogP contribution >= 0.6 is 0 Å². The lowest BCUT2D eigenvalue weighted by Gasteiger charge is -2.26. The van der Waals surface area contributed by atoms with Crippen molar-refractivity contribution in [3.8, 4) is 0 Å². The van der Waals surface area contributed by atoms with Crippen LogP contribution in [0, 0.1) is 5.41 Å². The molecule has 0 spiro atoms. The van der Waals surface area contributed by atoms with Gasteiger partial charge in [-0.05, 0) is 40.4 Å². The summed E-state index contributed by atoms with van der Waals surface area (Å²) in [5.74, 6) is -0.757. The third kappa shape index (κ3) is 4.85. The third-order valence-electron chi connectivity index (χ3n) is 1.99. The molecule has 0 aliphatic carbocycles. The first-order valence-corrected chi connectivity index (χ1v) is 4.52. The minimum absolute atomic E-state index is 0.558. The van der Waals surface area contributed by atoms with E-state index in [0.717, 1.165) is 13.0 Å². The Bertz CT molecular complexity index is 169. The SMILES string of the molecule is CN(CCCN)CC(C)(C)C(=O)O. The fourth-order valence-corrected chi connectivity index (χ4v) is 1.18. The Balaban J connectivity index is 3.89. The second-order valence-electron chi connectivity index (χ2n) is 4.07. The van der Waals surface area contributed by atoms with E-state index < -0.39 is 11.4 Å². The molecule has 13 heavy (non-hydrogen) atoms. The van der Waals surface area contributed by atoms with Gasteiger partial charge in [0.1, 0.15) is 0 Å². The summed E-state index contributed by atoms with van der Waals surface area (Å²) in [5.41, 5.74) is 4.68. The van der Waals surface area contributed by atoms with Crippen LogP contribution in [0.5, 0.6) is 0 Å². The van der Waals surface area contributed by atoms with Crippen LogP contribution in [0.4, 0.5) is 0 Å². The molecule has 0 unspecified atom stereocenters. The monoisotopic (exact) mass is 188 g/mol. The molecule has 4 heteroatoms. The highest BCUT2D eigenvalue weighted by Crippen LogP contribution is 2.16. The summed E-state index contributed by atoms with van der Waals surface area (Å²) in [4.78, 5) is 12.8. The van der Waals surface area contributed by atoms with Gasteiger partial charge in [-0.3, -0.25) is 4.79 Å². The van der Waals surface area contributed by atoms with Crippen LogP contribution < -0.4 is 5.73 Å². The van der Waals surface area contributed by atoms with E-state index in [4.69, 9.17) is 10.8 Å². The standard InChI is InChI=1S/C9H20N2O2/c1-9(2,8(12)13)7-11(3)6-4-5-10/h4-7,10H2,1-3H3,(H,12,13). The van der Waals surface area contributed by atoms with Crippen molar-refractivity contribution >= 4 is 5.97 Å². The molecule has 0 aliphatic heterocycles. The minimum Gasteiger partial charge on any atom is -0.481 e. The summed E-state index contributed by atoms with van der Waals surface area (Å²) in [6.45, 7) is 5.52. The molecule has 0 atom stereocenters. The number of aliphatic carboxylic acids is 1. The number of carboxylic acid groups (broad SMARTS) is 1. The van der Waals surface area contributed by atoms with E-state index >= 15 is 0 Å². The van der Waals surface area contributed by atoms with Crippen molar-refractivity contribution in [2.75, 3.05) is 26.7 Å². The van der Waals surface area contributed by atoms with Crippen LogP contribution in [0.1, 0.15) is 20.3 Å². The first kappa shape index (κ1) is 12.4. The average molecular weight is 188 g/mol. The van der Waals surface area contributed by atoms with E-state index in [2.05, 4.69) is 0 Å². The molecule has 0 aromatic heterocycles. The number of hydrogen-bond acceptors (Lipinski definition) is 3. The Hall–Kier alpha value is -0.610.